The number of pyridine rings is 1. The highest BCUT2D eigenvalue weighted by Gasteiger charge is 2.11. The van der Waals surface area contributed by atoms with Gasteiger partial charge in [-0.25, -0.2) is 10.1 Å². The summed E-state index contributed by atoms with van der Waals surface area (Å²) in [4.78, 5) is 16.5. The molecule has 4 aromatic rings. The van der Waals surface area contributed by atoms with E-state index in [9.17, 15) is 4.79 Å². The normalized spacial score (nSPS) is 10.9. The van der Waals surface area contributed by atoms with Crippen LogP contribution in [-0.4, -0.2) is 26.9 Å². The van der Waals surface area contributed by atoms with Gasteiger partial charge in [0.2, 0.25) is 0 Å². The van der Waals surface area contributed by atoms with Gasteiger partial charge in [0.15, 0.2) is 0 Å². The Bertz CT molecular complexity index is 1150. The molecule has 142 valence electrons. The predicted octanol–water partition coefficient (Wildman–Crippen LogP) is 4.01. The molecule has 0 fully saturated rings. The van der Waals surface area contributed by atoms with E-state index in [0.717, 1.165) is 28.1 Å². The van der Waals surface area contributed by atoms with Gasteiger partial charge in [0, 0.05) is 35.3 Å². The molecule has 6 nitrogen and oxygen atoms in total. The van der Waals surface area contributed by atoms with E-state index in [1.54, 1.807) is 29.4 Å². The minimum Gasteiger partial charge on any atom is -0.267 e. The first-order valence-electron chi connectivity index (χ1n) is 9.17. The van der Waals surface area contributed by atoms with Crippen molar-refractivity contribution in [2.24, 2.45) is 5.10 Å². The number of hydrogen-bond acceptors (Lipinski definition) is 4. The Balaban J connectivity index is 1.63. The van der Waals surface area contributed by atoms with Crippen LogP contribution >= 0.6 is 0 Å². The lowest BCUT2D eigenvalue weighted by atomic mass is 10.1. The predicted molar refractivity (Wildman–Crippen MR) is 113 cm³/mol. The van der Waals surface area contributed by atoms with Crippen molar-refractivity contribution in [2.45, 2.75) is 6.92 Å². The van der Waals surface area contributed by atoms with Gasteiger partial charge in [0.05, 0.1) is 11.9 Å². The molecule has 0 spiro atoms. The third-order valence-electron chi connectivity index (χ3n) is 4.48. The number of rotatable bonds is 5. The van der Waals surface area contributed by atoms with E-state index in [-0.39, 0.29) is 5.91 Å². The lowest BCUT2D eigenvalue weighted by molar-refractivity contribution is 0.0954. The number of nitrogens with one attached hydrogen (secondary N) is 1. The van der Waals surface area contributed by atoms with Crippen LogP contribution in [0.5, 0.6) is 0 Å². The summed E-state index contributed by atoms with van der Waals surface area (Å²) in [5.41, 5.74) is 7.48. The molecule has 2 aromatic carbocycles. The van der Waals surface area contributed by atoms with Crippen LogP contribution in [0.1, 0.15) is 21.5 Å². The van der Waals surface area contributed by atoms with E-state index < -0.39 is 0 Å². The average Bonchev–Trinajstić information content (AvgIpc) is 3.19. The molecule has 1 N–H and O–H groups in total. The Hall–Kier alpha value is -4.06. The zero-order valence-electron chi connectivity index (χ0n) is 15.9. The number of amides is 1. The smallest absolute Gasteiger partial charge is 0.267 e. The van der Waals surface area contributed by atoms with Crippen LogP contribution in [0.15, 0.2) is 90.4 Å². The minimum atomic E-state index is -0.250. The van der Waals surface area contributed by atoms with Gasteiger partial charge in [-0.15, -0.1) is 0 Å². The number of aromatic nitrogens is 3. The van der Waals surface area contributed by atoms with Gasteiger partial charge in [-0.2, -0.15) is 10.2 Å². The van der Waals surface area contributed by atoms with Gasteiger partial charge >= 0.3 is 0 Å². The minimum absolute atomic E-state index is 0.250. The lowest BCUT2D eigenvalue weighted by Crippen LogP contribution is -2.18. The molecule has 0 unspecified atom stereocenters. The highest BCUT2D eigenvalue weighted by molar-refractivity contribution is 5.96. The molecule has 0 bridgehead atoms. The Labute approximate surface area is 168 Å². The van der Waals surface area contributed by atoms with Crippen molar-refractivity contribution in [3.63, 3.8) is 0 Å². The molecule has 0 atom stereocenters. The molecule has 0 aliphatic heterocycles. The van der Waals surface area contributed by atoms with E-state index in [1.165, 1.54) is 0 Å². The van der Waals surface area contributed by atoms with E-state index in [4.69, 9.17) is 5.10 Å². The number of benzene rings is 2. The van der Waals surface area contributed by atoms with E-state index in [1.807, 2.05) is 73.8 Å². The first-order chi connectivity index (χ1) is 14.2. The Morgan fingerprint density at radius 2 is 1.72 bits per heavy atom. The van der Waals surface area contributed by atoms with Gasteiger partial charge in [-0.05, 0) is 42.8 Å². The first kappa shape index (κ1) is 18.3. The monoisotopic (exact) mass is 381 g/mol. The van der Waals surface area contributed by atoms with Crippen LogP contribution < -0.4 is 5.43 Å². The maximum absolute atomic E-state index is 12.4. The van der Waals surface area contributed by atoms with Gasteiger partial charge < -0.3 is 0 Å². The van der Waals surface area contributed by atoms with Crippen LogP contribution in [0.25, 0.3) is 16.9 Å². The molecule has 0 aliphatic rings. The standard InChI is InChI=1S/C23H19N5O/c1-17-7-5-6-10-21(17)23(29)26-25-15-19-16-28(20-8-3-2-4-9-20)27-22(19)18-11-13-24-14-12-18/h2-16H,1H3,(H,26,29)/b25-15-. The van der Waals surface area contributed by atoms with Crippen LogP contribution in [0.4, 0.5) is 0 Å². The molecule has 0 saturated carbocycles. The molecule has 6 heteroatoms. The van der Waals surface area contributed by atoms with Gasteiger partial charge in [-0.1, -0.05) is 36.4 Å². The quantitative estimate of drug-likeness (QED) is 0.419. The summed E-state index contributed by atoms with van der Waals surface area (Å²) in [7, 11) is 0. The van der Waals surface area contributed by atoms with Gasteiger partial charge in [0.25, 0.3) is 5.91 Å². The fourth-order valence-electron chi connectivity index (χ4n) is 2.98. The molecule has 0 radical (unpaired) electrons. The Kier molecular flexibility index (Phi) is 5.25. The maximum atomic E-state index is 12.4. The van der Waals surface area contributed by atoms with Crippen molar-refractivity contribution in [3.8, 4) is 16.9 Å². The third kappa shape index (κ3) is 4.11. The number of para-hydroxylation sites is 1. The Morgan fingerprint density at radius 3 is 2.48 bits per heavy atom. The third-order valence-corrected chi connectivity index (χ3v) is 4.48. The maximum Gasteiger partial charge on any atom is 0.271 e. The van der Waals surface area contributed by atoms with Gasteiger partial charge in [0.1, 0.15) is 5.69 Å². The molecule has 29 heavy (non-hydrogen) atoms. The van der Waals surface area contributed by atoms with Crippen LogP contribution in [-0.2, 0) is 0 Å². The molecule has 4 rings (SSSR count). The summed E-state index contributed by atoms with van der Waals surface area (Å²) in [6, 6.07) is 21.0. The fourth-order valence-corrected chi connectivity index (χ4v) is 2.98. The number of hydrogen-bond donors (Lipinski definition) is 1. The molecule has 0 aliphatic carbocycles. The summed E-state index contributed by atoms with van der Waals surface area (Å²) in [6.07, 6.45) is 6.93. The zero-order chi connectivity index (χ0) is 20.1. The molecule has 2 aromatic heterocycles. The molecular weight excluding hydrogens is 362 g/mol. The molecule has 0 saturated heterocycles. The van der Waals surface area contributed by atoms with Crippen LogP contribution in [0.3, 0.4) is 0 Å². The first-order valence-corrected chi connectivity index (χ1v) is 9.17. The Morgan fingerprint density at radius 1 is 1.00 bits per heavy atom. The van der Waals surface area contributed by atoms with E-state index in [2.05, 4.69) is 15.5 Å². The van der Waals surface area contributed by atoms with Crippen LogP contribution in [0.2, 0.25) is 0 Å². The summed E-state index contributed by atoms with van der Waals surface area (Å²) in [5.74, 6) is -0.250. The summed E-state index contributed by atoms with van der Waals surface area (Å²) < 4.78 is 1.79. The number of nitrogens with zero attached hydrogens (tertiary/aromatic N) is 4. The highest BCUT2D eigenvalue weighted by Crippen LogP contribution is 2.22. The van der Waals surface area contributed by atoms with E-state index in [0.29, 0.717) is 5.56 Å². The van der Waals surface area contributed by atoms with Crippen molar-refractivity contribution >= 4 is 12.1 Å². The SMILES string of the molecule is Cc1ccccc1C(=O)N/N=C\c1cn(-c2ccccc2)nc1-c1ccncc1. The summed E-state index contributed by atoms with van der Waals surface area (Å²) in [5, 5.41) is 8.86. The van der Waals surface area contributed by atoms with Crippen molar-refractivity contribution in [3.05, 3.63) is 102 Å². The number of carbonyl (C=O) groups is 1. The molecule has 2 heterocycles. The van der Waals surface area contributed by atoms with Crippen LogP contribution in [0, 0.1) is 6.92 Å². The van der Waals surface area contributed by atoms with Crippen molar-refractivity contribution < 1.29 is 4.79 Å². The zero-order valence-corrected chi connectivity index (χ0v) is 15.9. The molecule has 1 amide bonds. The van der Waals surface area contributed by atoms with Crippen molar-refractivity contribution in [2.75, 3.05) is 0 Å². The topological polar surface area (TPSA) is 72.2 Å². The number of carbonyl (C=O) groups excluding carboxylic acids is 1. The molecular formula is C23H19N5O. The van der Waals surface area contributed by atoms with Crippen molar-refractivity contribution in [1.82, 2.24) is 20.2 Å². The second-order valence-electron chi connectivity index (χ2n) is 6.46. The summed E-state index contributed by atoms with van der Waals surface area (Å²) in [6.45, 7) is 1.89. The van der Waals surface area contributed by atoms with Gasteiger partial charge in [-0.3, -0.25) is 9.78 Å². The second-order valence-corrected chi connectivity index (χ2v) is 6.46. The fraction of sp³-hybridized carbons (Fsp3) is 0.0435. The largest absolute Gasteiger partial charge is 0.271 e. The van der Waals surface area contributed by atoms with Crippen molar-refractivity contribution in [1.29, 1.82) is 0 Å². The average molecular weight is 381 g/mol. The second kappa shape index (κ2) is 8.31. The lowest BCUT2D eigenvalue weighted by Gasteiger charge is -2.03. The van der Waals surface area contributed by atoms with E-state index >= 15 is 0 Å². The highest BCUT2D eigenvalue weighted by atomic mass is 16.2. The number of hydrazone groups is 1. The summed E-state index contributed by atoms with van der Waals surface area (Å²) >= 11 is 0. The number of aryl methyl sites for hydroxylation is 1.